The van der Waals surface area contributed by atoms with Crippen LogP contribution < -0.4 is 0 Å². The van der Waals surface area contributed by atoms with E-state index in [-0.39, 0.29) is 0 Å². The van der Waals surface area contributed by atoms with Gasteiger partial charge in [0.1, 0.15) is 11.9 Å². The summed E-state index contributed by atoms with van der Waals surface area (Å²) in [5, 5.41) is 18.0. The molecule has 0 amide bonds. The lowest BCUT2D eigenvalue weighted by atomic mass is 10.1. The van der Waals surface area contributed by atoms with Crippen molar-refractivity contribution in [2.45, 2.75) is 19.4 Å². The van der Waals surface area contributed by atoms with Crippen LogP contribution in [-0.2, 0) is 9.59 Å². The van der Waals surface area contributed by atoms with Gasteiger partial charge >= 0.3 is 11.9 Å². The lowest BCUT2D eigenvalue weighted by molar-refractivity contribution is -0.147. The summed E-state index contributed by atoms with van der Waals surface area (Å²) in [7, 11) is 0. The van der Waals surface area contributed by atoms with E-state index in [4.69, 9.17) is 10.2 Å². The van der Waals surface area contributed by atoms with E-state index in [1.54, 1.807) is 13.1 Å². The number of carbonyl (C=O) groups is 2. The average molecular weight is 274 g/mol. The molecule has 0 radical (unpaired) electrons. The van der Waals surface area contributed by atoms with Crippen molar-refractivity contribution in [2.24, 2.45) is 0 Å². The molecule has 1 atom stereocenters. The lowest BCUT2D eigenvalue weighted by Crippen LogP contribution is -2.22. The van der Waals surface area contributed by atoms with Crippen LogP contribution in [0.25, 0.3) is 11.3 Å². The second-order valence-electron chi connectivity index (χ2n) is 4.40. The number of carboxylic acids is 2. The predicted octanol–water partition coefficient (Wildman–Crippen LogP) is 1.96. The molecule has 0 aliphatic carbocycles. The van der Waals surface area contributed by atoms with Gasteiger partial charge in [-0.3, -0.25) is 4.79 Å². The summed E-state index contributed by atoms with van der Waals surface area (Å²) in [5.74, 6) is -1.88. The highest BCUT2D eigenvalue weighted by Crippen LogP contribution is 2.22. The number of nitrogens with zero attached hydrogens (tertiary/aromatic N) is 2. The minimum absolute atomic E-state index is 0.470. The molecule has 0 spiro atoms. The predicted molar refractivity (Wildman–Crippen MR) is 71.3 cm³/mol. The van der Waals surface area contributed by atoms with E-state index in [0.29, 0.717) is 11.5 Å². The molecule has 1 aromatic carbocycles. The number of rotatable bonds is 5. The molecule has 0 aliphatic heterocycles. The summed E-state index contributed by atoms with van der Waals surface area (Å²) < 4.78 is 1.39. The van der Waals surface area contributed by atoms with Gasteiger partial charge in [0.2, 0.25) is 0 Å². The van der Waals surface area contributed by atoms with Crippen molar-refractivity contribution < 1.29 is 19.8 Å². The Morgan fingerprint density at radius 1 is 1.25 bits per heavy atom. The molecule has 0 bridgehead atoms. The summed E-state index contributed by atoms with van der Waals surface area (Å²) in [6, 6.07) is 8.15. The molecule has 0 saturated carbocycles. The van der Waals surface area contributed by atoms with E-state index >= 15 is 0 Å². The standard InChI is InChI=1S/C14H14N2O4/c1-9-15-11(10-5-3-2-4-6-10)8-16(9)12(14(19)20)7-13(17)18/h2-6,8,12H,7H2,1H3,(H,17,18)(H,19,20). The number of carboxylic acid groups (broad SMARTS) is 2. The molecule has 1 aromatic heterocycles. The molecule has 20 heavy (non-hydrogen) atoms. The van der Waals surface area contributed by atoms with Crippen LogP contribution in [-0.4, -0.2) is 31.7 Å². The maximum absolute atomic E-state index is 11.2. The molecule has 0 fully saturated rings. The van der Waals surface area contributed by atoms with Crippen LogP contribution >= 0.6 is 0 Å². The lowest BCUT2D eigenvalue weighted by Gasteiger charge is -2.12. The smallest absolute Gasteiger partial charge is 0.327 e. The van der Waals surface area contributed by atoms with Gasteiger partial charge in [-0.05, 0) is 6.92 Å². The molecule has 104 valence electrons. The molecule has 6 nitrogen and oxygen atoms in total. The number of hydrogen-bond acceptors (Lipinski definition) is 3. The summed E-state index contributed by atoms with van der Waals surface area (Å²) in [5.41, 5.74) is 1.48. The minimum atomic E-state index is -1.19. The van der Waals surface area contributed by atoms with Crippen molar-refractivity contribution in [3.63, 3.8) is 0 Å². The highest BCUT2D eigenvalue weighted by molar-refractivity contribution is 5.79. The summed E-state index contributed by atoms with van der Waals surface area (Å²) in [4.78, 5) is 26.3. The Morgan fingerprint density at radius 2 is 1.90 bits per heavy atom. The van der Waals surface area contributed by atoms with E-state index in [9.17, 15) is 9.59 Å². The van der Waals surface area contributed by atoms with Crippen molar-refractivity contribution in [2.75, 3.05) is 0 Å². The van der Waals surface area contributed by atoms with Crippen LogP contribution in [0.15, 0.2) is 36.5 Å². The fourth-order valence-electron chi connectivity index (χ4n) is 2.02. The first-order chi connectivity index (χ1) is 9.49. The monoisotopic (exact) mass is 274 g/mol. The zero-order chi connectivity index (χ0) is 14.7. The minimum Gasteiger partial charge on any atom is -0.481 e. The first-order valence-electron chi connectivity index (χ1n) is 6.04. The first-order valence-corrected chi connectivity index (χ1v) is 6.04. The van der Waals surface area contributed by atoms with Crippen LogP contribution in [0.4, 0.5) is 0 Å². The third kappa shape index (κ3) is 2.85. The molecule has 1 unspecified atom stereocenters. The topological polar surface area (TPSA) is 92.4 Å². The Morgan fingerprint density at radius 3 is 2.45 bits per heavy atom. The van der Waals surface area contributed by atoms with Crippen LogP contribution in [0, 0.1) is 6.92 Å². The van der Waals surface area contributed by atoms with Gasteiger partial charge < -0.3 is 14.8 Å². The molecular weight excluding hydrogens is 260 g/mol. The van der Waals surface area contributed by atoms with Gasteiger partial charge in [0.15, 0.2) is 0 Å². The normalized spacial score (nSPS) is 12.1. The second-order valence-corrected chi connectivity index (χ2v) is 4.40. The van der Waals surface area contributed by atoms with Gasteiger partial charge in [-0.2, -0.15) is 0 Å². The van der Waals surface area contributed by atoms with E-state index in [1.165, 1.54) is 4.57 Å². The fraction of sp³-hybridized carbons (Fsp3) is 0.214. The van der Waals surface area contributed by atoms with E-state index in [0.717, 1.165) is 5.56 Å². The summed E-state index contributed by atoms with van der Waals surface area (Å²) in [6.07, 6.45) is 1.09. The van der Waals surface area contributed by atoms with Gasteiger partial charge in [0.25, 0.3) is 0 Å². The highest BCUT2D eigenvalue weighted by atomic mass is 16.4. The SMILES string of the molecule is Cc1nc(-c2ccccc2)cn1C(CC(=O)O)C(=O)O. The molecule has 2 aromatic rings. The Bertz CT molecular complexity index is 634. The van der Waals surface area contributed by atoms with Gasteiger partial charge in [-0.1, -0.05) is 30.3 Å². The Labute approximate surface area is 115 Å². The highest BCUT2D eigenvalue weighted by Gasteiger charge is 2.25. The molecule has 2 rings (SSSR count). The molecule has 0 aliphatic rings. The van der Waals surface area contributed by atoms with E-state index < -0.39 is 24.4 Å². The maximum atomic E-state index is 11.2. The Balaban J connectivity index is 2.40. The van der Waals surface area contributed by atoms with Crippen LogP contribution in [0.2, 0.25) is 0 Å². The number of aryl methyl sites for hydroxylation is 1. The van der Waals surface area contributed by atoms with Gasteiger partial charge in [0.05, 0.1) is 12.1 Å². The summed E-state index contributed by atoms with van der Waals surface area (Å²) in [6.45, 7) is 1.66. The fourth-order valence-corrected chi connectivity index (χ4v) is 2.02. The van der Waals surface area contributed by atoms with E-state index in [2.05, 4.69) is 4.98 Å². The van der Waals surface area contributed by atoms with Crippen molar-refractivity contribution in [1.82, 2.24) is 9.55 Å². The zero-order valence-corrected chi connectivity index (χ0v) is 10.9. The van der Waals surface area contributed by atoms with Crippen molar-refractivity contribution in [3.8, 4) is 11.3 Å². The Kier molecular flexibility index (Phi) is 3.84. The number of aromatic nitrogens is 2. The van der Waals surface area contributed by atoms with Gasteiger partial charge in [-0.15, -0.1) is 0 Å². The van der Waals surface area contributed by atoms with Crippen molar-refractivity contribution in [3.05, 3.63) is 42.4 Å². The summed E-state index contributed by atoms with van der Waals surface area (Å²) >= 11 is 0. The molecule has 2 N–H and O–H groups in total. The average Bonchev–Trinajstić information content (AvgIpc) is 2.78. The first kappa shape index (κ1) is 13.8. The van der Waals surface area contributed by atoms with Crippen molar-refractivity contribution >= 4 is 11.9 Å². The van der Waals surface area contributed by atoms with Crippen LogP contribution in [0.1, 0.15) is 18.3 Å². The maximum Gasteiger partial charge on any atom is 0.327 e. The number of imidazole rings is 1. The zero-order valence-electron chi connectivity index (χ0n) is 10.9. The number of benzene rings is 1. The van der Waals surface area contributed by atoms with Crippen LogP contribution in [0.5, 0.6) is 0 Å². The van der Waals surface area contributed by atoms with E-state index in [1.807, 2.05) is 30.3 Å². The quantitative estimate of drug-likeness (QED) is 0.869. The van der Waals surface area contributed by atoms with Gasteiger partial charge in [0, 0.05) is 11.8 Å². The second kappa shape index (κ2) is 5.56. The van der Waals surface area contributed by atoms with Crippen LogP contribution in [0.3, 0.4) is 0 Å². The molecule has 1 heterocycles. The molecule has 0 saturated heterocycles. The Hall–Kier alpha value is -2.63. The van der Waals surface area contributed by atoms with Gasteiger partial charge in [-0.25, -0.2) is 9.78 Å². The third-order valence-corrected chi connectivity index (χ3v) is 2.98. The van der Waals surface area contributed by atoms with Crippen molar-refractivity contribution in [1.29, 1.82) is 0 Å². The number of hydrogen-bond donors (Lipinski definition) is 2. The third-order valence-electron chi connectivity index (χ3n) is 2.98. The largest absolute Gasteiger partial charge is 0.481 e. The number of aliphatic carboxylic acids is 2. The molecular formula is C14H14N2O4. The molecule has 6 heteroatoms.